The summed E-state index contributed by atoms with van der Waals surface area (Å²) in [5, 5.41) is 11.1. The summed E-state index contributed by atoms with van der Waals surface area (Å²) in [5.74, 6) is 0.568. The van der Waals surface area contributed by atoms with Crippen LogP contribution in [0.15, 0.2) is 29.3 Å². The van der Waals surface area contributed by atoms with Gasteiger partial charge in [0.1, 0.15) is 5.75 Å². The number of hydrogen-bond donors (Lipinski definition) is 0. The summed E-state index contributed by atoms with van der Waals surface area (Å²) in [7, 11) is 1.48. The van der Waals surface area contributed by atoms with Crippen LogP contribution in [0.2, 0.25) is 0 Å². The van der Waals surface area contributed by atoms with Crippen LogP contribution in [0.25, 0.3) is 0 Å². The molecule has 0 fully saturated rings. The highest BCUT2D eigenvalue weighted by Crippen LogP contribution is 2.11. The highest BCUT2D eigenvalue weighted by Gasteiger charge is 1.93. The first kappa shape index (κ1) is 9.58. The number of nitrogens with zero attached hydrogens (tertiary/aromatic N) is 1. The molecule has 0 aliphatic carbocycles. The van der Waals surface area contributed by atoms with Crippen LogP contribution >= 0.6 is 0 Å². The molecule has 0 saturated carbocycles. The van der Waals surface area contributed by atoms with E-state index in [1.54, 1.807) is 24.3 Å². The molecule has 0 unspecified atom stereocenters. The Hall–Kier alpha value is -1.51. The number of benzene rings is 1. The van der Waals surface area contributed by atoms with E-state index >= 15 is 0 Å². The summed E-state index contributed by atoms with van der Waals surface area (Å²) in [6, 6.07) is 6.95. The van der Waals surface area contributed by atoms with Crippen molar-refractivity contribution in [1.29, 1.82) is 0 Å². The van der Waals surface area contributed by atoms with Crippen LogP contribution in [-0.2, 0) is 0 Å². The zero-order valence-electron chi connectivity index (χ0n) is 7.78. The second-order valence-electron chi connectivity index (χ2n) is 2.49. The molecule has 1 aromatic rings. The van der Waals surface area contributed by atoms with Crippen molar-refractivity contribution in [1.82, 2.24) is 0 Å². The fraction of sp³-hybridized carbons (Fsp3) is 0.300. The first-order valence-electron chi connectivity index (χ1n) is 4.15. The van der Waals surface area contributed by atoms with Crippen molar-refractivity contribution >= 4 is 5.90 Å². The van der Waals surface area contributed by atoms with Crippen molar-refractivity contribution in [2.24, 2.45) is 4.99 Å². The van der Waals surface area contributed by atoms with Crippen molar-refractivity contribution in [3.63, 3.8) is 0 Å². The van der Waals surface area contributed by atoms with E-state index in [9.17, 15) is 5.11 Å². The fourth-order valence-electron chi connectivity index (χ4n) is 0.990. The molecule has 70 valence electrons. The van der Waals surface area contributed by atoms with Gasteiger partial charge < -0.3 is 14.8 Å². The lowest BCUT2D eigenvalue weighted by Gasteiger charge is -2.10. The Morgan fingerprint density at radius 1 is 1.38 bits per heavy atom. The second-order valence-corrected chi connectivity index (χ2v) is 2.49. The van der Waals surface area contributed by atoms with Crippen molar-refractivity contribution in [2.45, 2.75) is 6.92 Å². The third-order valence-electron chi connectivity index (χ3n) is 1.62. The highest BCUT2D eigenvalue weighted by atomic mass is 16.5. The normalized spacial score (nSPS) is 11.4. The molecule has 0 N–H and O–H groups in total. The average molecular weight is 178 g/mol. The third-order valence-corrected chi connectivity index (χ3v) is 1.62. The molecule has 0 atom stereocenters. The van der Waals surface area contributed by atoms with E-state index in [1.165, 1.54) is 7.05 Å². The summed E-state index contributed by atoms with van der Waals surface area (Å²) in [6.07, 6.45) is 0. The van der Waals surface area contributed by atoms with Crippen LogP contribution in [0.3, 0.4) is 0 Å². The standard InChI is InChI=1S/C10H13NO2/c1-3-13-9-6-4-8(5-7-9)10(12)11-2/h4-7H,3H2,1-2H3,(H,11,12)/p-1. The molecular formula is C10H12NO2-. The zero-order valence-corrected chi connectivity index (χ0v) is 7.78. The van der Waals surface area contributed by atoms with E-state index < -0.39 is 0 Å². The SMILES string of the molecule is CCOc1ccc(C([O-])=NC)cc1. The van der Waals surface area contributed by atoms with Crippen molar-refractivity contribution in [3.8, 4) is 5.75 Å². The molecule has 0 aliphatic heterocycles. The maximum Gasteiger partial charge on any atom is 0.119 e. The molecule has 1 rings (SSSR count). The van der Waals surface area contributed by atoms with E-state index in [2.05, 4.69) is 4.99 Å². The zero-order chi connectivity index (χ0) is 9.68. The van der Waals surface area contributed by atoms with Gasteiger partial charge in [0.2, 0.25) is 0 Å². The lowest BCUT2D eigenvalue weighted by molar-refractivity contribution is -0.213. The van der Waals surface area contributed by atoms with E-state index in [1.807, 2.05) is 6.92 Å². The molecule has 1 aromatic carbocycles. The minimum Gasteiger partial charge on any atom is -0.859 e. The molecule has 0 amide bonds. The van der Waals surface area contributed by atoms with Gasteiger partial charge in [-0.3, -0.25) is 0 Å². The molecule has 13 heavy (non-hydrogen) atoms. The summed E-state index contributed by atoms with van der Waals surface area (Å²) < 4.78 is 5.23. The topological polar surface area (TPSA) is 44.6 Å². The summed E-state index contributed by atoms with van der Waals surface area (Å²) in [5.41, 5.74) is 0.589. The van der Waals surface area contributed by atoms with Gasteiger partial charge in [0.25, 0.3) is 0 Å². The summed E-state index contributed by atoms with van der Waals surface area (Å²) in [4.78, 5) is 3.55. The number of aliphatic imine (C=N–C) groups is 1. The Morgan fingerprint density at radius 3 is 2.46 bits per heavy atom. The van der Waals surface area contributed by atoms with Crippen LogP contribution < -0.4 is 9.84 Å². The number of hydrogen-bond acceptors (Lipinski definition) is 3. The van der Waals surface area contributed by atoms with Gasteiger partial charge in [-0.05, 0) is 30.5 Å². The van der Waals surface area contributed by atoms with E-state index in [4.69, 9.17) is 4.74 Å². The van der Waals surface area contributed by atoms with Crippen molar-refractivity contribution < 1.29 is 9.84 Å². The molecule has 0 spiro atoms. The predicted molar refractivity (Wildman–Crippen MR) is 50.1 cm³/mol. The third kappa shape index (κ3) is 2.47. The van der Waals surface area contributed by atoms with Gasteiger partial charge in [0.15, 0.2) is 0 Å². The average Bonchev–Trinajstić information content (AvgIpc) is 2.18. The van der Waals surface area contributed by atoms with Crippen LogP contribution in [-0.4, -0.2) is 19.6 Å². The Kier molecular flexibility index (Phi) is 3.31. The highest BCUT2D eigenvalue weighted by molar-refractivity contribution is 5.90. The lowest BCUT2D eigenvalue weighted by Crippen LogP contribution is -2.18. The molecule has 3 nitrogen and oxygen atoms in total. The molecule has 0 saturated heterocycles. The maximum atomic E-state index is 11.1. The Balaban J connectivity index is 2.81. The molecule has 0 aliphatic rings. The monoisotopic (exact) mass is 178 g/mol. The second kappa shape index (κ2) is 4.50. The fourth-order valence-corrected chi connectivity index (χ4v) is 0.990. The van der Waals surface area contributed by atoms with Crippen molar-refractivity contribution in [3.05, 3.63) is 29.8 Å². The Bertz CT molecular complexity index is 290. The van der Waals surface area contributed by atoms with Gasteiger partial charge in [-0.1, -0.05) is 12.1 Å². The minimum atomic E-state index is -0.206. The smallest absolute Gasteiger partial charge is 0.119 e. The minimum absolute atomic E-state index is 0.206. The van der Waals surface area contributed by atoms with Gasteiger partial charge in [-0.25, -0.2) is 0 Å². The van der Waals surface area contributed by atoms with Crippen LogP contribution in [0.1, 0.15) is 12.5 Å². The Labute approximate surface area is 77.7 Å². The summed E-state index contributed by atoms with van der Waals surface area (Å²) >= 11 is 0. The van der Waals surface area contributed by atoms with Crippen LogP contribution in [0.4, 0.5) is 0 Å². The number of rotatable bonds is 3. The predicted octanol–water partition coefficient (Wildman–Crippen LogP) is 0.822. The van der Waals surface area contributed by atoms with Crippen LogP contribution in [0, 0.1) is 0 Å². The van der Waals surface area contributed by atoms with E-state index in [0.717, 1.165) is 5.75 Å². The number of ether oxygens (including phenoxy) is 1. The molecule has 0 radical (unpaired) electrons. The van der Waals surface area contributed by atoms with Gasteiger partial charge in [-0.15, -0.1) is 0 Å². The van der Waals surface area contributed by atoms with Gasteiger partial charge in [0, 0.05) is 7.05 Å². The van der Waals surface area contributed by atoms with Gasteiger partial charge in [-0.2, -0.15) is 0 Å². The van der Waals surface area contributed by atoms with E-state index in [0.29, 0.717) is 12.2 Å². The largest absolute Gasteiger partial charge is 0.859 e. The maximum absolute atomic E-state index is 11.1. The molecule has 3 heteroatoms. The molecule has 0 aromatic heterocycles. The first-order chi connectivity index (χ1) is 6.27. The summed E-state index contributed by atoms with van der Waals surface area (Å²) in [6.45, 7) is 2.55. The van der Waals surface area contributed by atoms with Crippen molar-refractivity contribution in [2.75, 3.05) is 13.7 Å². The Morgan fingerprint density at radius 2 is 2.00 bits per heavy atom. The van der Waals surface area contributed by atoms with Crippen LogP contribution in [0.5, 0.6) is 5.75 Å². The van der Waals surface area contributed by atoms with Gasteiger partial charge >= 0.3 is 0 Å². The van der Waals surface area contributed by atoms with Gasteiger partial charge in [0.05, 0.1) is 6.61 Å². The first-order valence-corrected chi connectivity index (χ1v) is 4.15. The lowest BCUT2D eigenvalue weighted by atomic mass is 10.2. The van der Waals surface area contributed by atoms with E-state index in [-0.39, 0.29) is 5.90 Å². The quantitative estimate of drug-likeness (QED) is 0.508. The molecule has 0 heterocycles. The molecular weight excluding hydrogens is 166 g/mol. The molecule has 0 bridgehead atoms.